The van der Waals surface area contributed by atoms with Crippen molar-refractivity contribution in [2.45, 2.75) is 39.5 Å². The molecule has 5 aromatic rings. The number of anilines is 1. The lowest BCUT2D eigenvalue weighted by Gasteiger charge is -2.13. The molecule has 0 saturated carbocycles. The average molecular weight is 425 g/mol. The van der Waals surface area contributed by atoms with Crippen LogP contribution in [0.4, 0.5) is 5.82 Å². The van der Waals surface area contributed by atoms with Crippen LogP contribution >= 0.6 is 0 Å². The summed E-state index contributed by atoms with van der Waals surface area (Å²) in [6.07, 6.45) is 11.9. The summed E-state index contributed by atoms with van der Waals surface area (Å²) in [5.41, 5.74) is 7.55. The number of rotatable bonds is 7. The zero-order valence-electron chi connectivity index (χ0n) is 18.8. The van der Waals surface area contributed by atoms with Crippen LogP contribution in [0.1, 0.15) is 43.0 Å². The molecule has 0 aliphatic carbocycles. The Bertz CT molecular complexity index is 1380. The Morgan fingerprint density at radius 2 is 2.03 bits per heavy atom. The summed E-state index contributed by atoms with van der Waals surface area (Å²) < 4.78 is 2.19. The molecule has 1 aromatic carbocycles. The van der Waals surface area contributed by atoms with E-state index in [0.29, 0.717) is 5.92 Å². The highest BCUT2D eigenvalue weighted by molar-refractivity contribution is 5.83. The number of nitrogens with one attached hydrogen (secondary N) is 2. The van der Waals surface area contributed by atoms with Crippen molar-refractivity contribution in [2.24, 2.45) is 0 Å². The van der Waals surface area contributed by atoms with E-state index in [4.69, 9.17) is 9.97 Å². The van der Waals surface area contributed by atoms with Gasteiger partial charge in [-0.05, 0) is 48.9 Å². The molecule has 0 radical (unpaired) electrons. The summed E-state index contributed by atoms with van der Waals surface area (Å²) in [5.74, 6) is 1.22. The minimum absolute atomic E-state index is 0.412. The molecule has 0 amide bonds. The van der Waals surface area contributed by atoms with E-state index in [1.165, 1.54) is 22.2 Å². The molecule has 0 bridgehead atoms. The Labute approximate surface area is 187 Å². The molecule has 1 unspecified atom stereocenters. The monoisotopic (exact) mass is 424 g/mol. The Hall–Kier alpha value is -3.67. The van der Waals surface area contributed by atoms with Gasteiger partial charge < -0.3 is 10.3 Å². The van der Waals surface area contributed by atoms with Gasteiger partial charge in [-0.2, -0.15) is 0 Å². The third-order valence-electron chi connectivity index (χ3n) is 6.17. The van der Waals surface area contributed by atoms with E-state index in [1.807, 2.05) is 18.6 Å². The number of H-pyrrole nitrogens is 1. The Balaban J connectivity index is 1.50. The number of nitrogens with zero attached hydrogens (tertiary/aromatic N) is 4. The van der Waals surface area contributed by atoms with Crippen LogP contribution in [0.3, 0.4) is 0 Å². The SMILES string of the molecule is CCC(C)c1cnc2c(NCCc3c[nH]c4ccccc34)nc(-c3cncc(C)c3)cn12. The molecule has 0 aliphatic rings. The van der Waals surface area contributed by atoms with Crippen LogP contribution in [0, 0.1) is 6.92 Å². The van der Waals surface area contributed by atoms with Crippen molar-refractivity contribution in [3.8, 4) is 11.3 Å². The quantitative estimate of drug-likeness (QED) is 0.349. The van der Waals surface area contributed by atoms with Gasteiger partial charge in [-0.3, -0.25) is 9.38 Å². The van der Waals surface area contributed by atoms with Crippen LogP contribution in [-0.2, 0) is 6.42 Å². The van der Waals surface area contributed by atoms with Crippen LogP contribution in [0.15, 0.2) is 61.3 Å². The maximum Gasteiger partial charge on any atom is 0.180 e. The van der Waals surface area contributed by atoms with Crippen LogP contribution in [-0.4, -0.2) is 30.9 Å². The van der Waals surface area contributed by atoms with E-state index in [9.17, 15) is 0 Å². The van der Waals surface area contributed by atoms with Crippen LogP contribution in [0.5, 0.6) is 0 Å². The number of fused-ring (bicyclic) bond motifs is 2. The standard InChI is InChI=1S/C26H28N6/c1-4-18(3)24-15-30-26-25(28-10-9-19-14-29-22-8-6-5-7-21(19)22)31-23(16-32(24)26)20-11-17(2)12-27-13-20/h5-8,11-16,18,29H,4,9-10H2,1-3H3,(H,28,31). The maximum absolute atomic E-state index is 4.95. The van der Waals surface area contributed by atoms with Crippen molar-refractivity contribution in [3.05, 3.63) is 78.1 Å². The van der Waals surface area contributed by atoms with Gasteiger partial charge in [-0.25, -0.2) is 9.97 Å². The number of benzene rings is 1. The summed E-state index contributed by atoms with van der Waals surface area (Å²) in [6, 6.07) is 10.5. The molecule has 4 heterocycles. The molecule has 5 rings (SSSR count). The number of pyridine rings is 1. The fourth-order valence-corrected chi connectivity index (χ4v) is 4.19. The lowest BCUT2D eigenvalue weighted by Crippen LogP contribution is -2.09. The number of imidazole rings is 1. The highest BCUT2D eigenvalue weighted by Crippen LogP contribution is 2.27. The lowest BCUT2D eigenvalue weighted by atomic mass is 10.1. The number of hydrogen-bond acceptors (Lipinski definition) is 4. The first kappa shape index (κ1) is 20.2. The fourth-order valence-electron chi connectivity index (χ4n) is 4.19. The highest BCUT2D eigenvalue weighted by Gasteiger charge is 2.16. The van der Waals surface area contributed by atoms with Crippen molar-refractivity contribution in [1.82, 2.24) is 24.3 Å². The van der Waals surface area contributed by atoms with Gasteiger partial charge in [0.25, 0.3) is 0 Å². The number of aromatic nitrogens is 5. The van der Waals surface area contributed by atoms with Crippen molar-refractivity contribution in [2.75, 3.05) is 11.9 Å². The summed E-state index contributed by atoms with van der Waals surface area (Å²) in [5, 5.41) is 4.83. The van der Waals surface area contributed by atoms with E-state index in [1.54, 1.807) is 0 Å². The molecular weight excluding hydrogens is 396 g/mol. The van der Waals surface area contributed by atoms with Gasteiger partial charge in [0.2, 0.25) is 0 Å². The summed E-state index contributed by atoms with van der Waals surface area (Å²) in [7, 11) is 0. The molecule has 6 nitrogen and oxygen atoms in total. The molecule has 6 heteroatoms. The third kappa shape index (κ3) is 3.73. The second-order valence-corrected chi connectivity index (χ2v) is 8.45. The zero-order chi connectivity index (χ0) is 22.1. The predicted octanol–water partition coefficient (Wildman–Crippen LogP) is 5.75. The molecule has 162 valence electrons. The van der Waals surface area contributed by atoms with Gasteiger partial charge in [-0.15, -0.1) is 0 Å². The minimum atomic E-state index is 0.412. The van der Waals surface area contributed by atoms with E-state index >= 15 is 0 Å². The van der Waals surface area contributed by atoms with Gasteiger partial charge in [-0.1, -0.05) is 32.0 Å². The first-order valence-corrected chi connectivity index (χ1v) is 11.2. The first-order chi connectivity index (χ1) is 15.6. The Morgan fingerprint density at radius 3 is 2.88 bits per heavy atom. The Morgan fingerprint density at radius 1 is 1.16 bits per heavy atom. The molecule has 0 saturated heterocycles. The normalized spacial score (nSPS) is 12.5. The minimum Gasteiger partial charge on any atom is -0.367 e. The molecule has 4 aromatic heterocycles. The molecule has 0 aliphatic heterocycles. The number of hydrogen-bond donors (Lipinski definition) is 2. The summed E-state index contributed by atoms with van der Waals surface area (Å²) >= 11 is 0. The van der Waals surface area contributed by atoms with Crippen LogP contribution < -0.4 is 5.32 Å². The average Bonchev–Trinajstić information content (AvgIpc) is 3.43. The maximum atomic E-state index is 4.95. The second-order valence-electron chi connectivity index (χ2n) is 8.45. The van der Waals surface area contributed by atoms with Crippen LogP contribution in [0.2, 0.25) is 0 Å². The number of para-hydroxylation sites is 1. The van der Waals surface area contributed by atoms with Gasteiger partial charge in [0.05, 0.1) is 5.69 Å². The van der Waals surface area contributed by atoms with E-state index in [2.05, 4.69) is 83.2 Å². The largest absolute Gasteiger partial charge is 0.367 e. The molecule has 32 heavy (non-hydrogen) atoms. The van der Waals surface area contributed by atoms with Gasteiger partial charge in [0.1, 0.15) is 0 Å². The summed E-state index contributed by atoms with van der Waals surface area (Å²) in [6.45, 7) is 7.27. The van der Waals surface area contributed by atoms with Gasteiger partial charge >= 0.3 is 0 Å². The number of aryl methyl sites for hydroxylation is 1. The van der Waals surface area contributed by atoms with Crippen molar-refractivity contribution in [3.63, 3.8) is 0 Å². The predicted molar refractivity (Wildman–Crippen MR) is 130 cm³/mol. The van der Waals surface area contributed by atoms with E-state index < -0.39 is 0 Å². The molecule has 0 fully saturated rings. The molecule has 2 N–H and O–H groups in total. The highest BCUT2D eigenvalue weighted by atomic mass is 15.1. The molecule has 0 spiro atoms. The second kappa shape index (κ2) is 8.46. The topological polar surface area (TPSA) is 70.9 Å². The lowest BCUT2D eigenvalue weighted by molar-refractivity contribution is 0.700. The zero-order valence-corrected chi connectivity index (χ0v) is 18.8. The van der Waals surface area contributed by atoms with E-state index in [0.717, 1.165) is 47.7 Å². The smallest absolute Gasteiger partial charge is 0.180 e. The van der Waals surface area contributed by atoms with Gasteiger partial charge in [0.15, 0.2) is 11.5 Å². The van der Waals surface area contributed by atoms with Crippen molar-refractivity contribution < 1.29 is 0 Å². The van der Waals surface area contributed by atoms with Crippen molar-refractivity contribution >= 4 is 22.4 Å². The fraction of sp³-hybridized carbons (Fsp3) is 0.269. The first-order valence-electron chi connectivity index (χ1n) is 11.2. The molecular formula is C26H28N6. The van der Waals surface area contributed by atoms with Gasteiger partial charge in [0, 0.05) is 59.7 Å². The molecule has 1 atom stereocenters. The van der Waals surface area contributed by atoms with Crippen molar-refractivity contribution in [1.29, 1.82) is 0 Å². The Kier molecular flexibility index (Phi) is 5.35. The van der Waals surface area contributed by atoms with E-state index in [-0.39, 0.29) is 0 Å². The van der Waals surface area contributed by atoms with Crippen LogP contribution in [0.25, 0.3) is 27.8 Å². The number of aromatic amines is 1. The third-order valence-corrected chi connectivity index (χ3v) is 6.17. The summed E-state index contributed by atoms with van der Waals surface area (Å²) in [4.78, 5) is 17.4.